The Kier molecular flexibility index (Phi) is 4.99. The van der Waals surface area contributed by atoms with Gasteiger partial charge in [-0.15, -0.1) is 0 Å². The third-order valence-corrected chi connectivity index (χ3v) is 4.45. The van der Waals surface area contributed by atoms with Crippen LogP contribution in [0.3, 0.4) is 0 Å². The zero-order valence-electron chi connectivity index (χ0n) is 13.6. The van der Waals surface area contributed by atoms with Gasteiger partial charge in [0, 0.05) is 24.4 Å². The first-order chi connectivity index (χ1) is 9.91. The van der Waals surface area contributed by atoms with Crippen molar-refractivity contribution in [2.75, 3.05) is 13.1 Å². The van der Waals surface area contributed by atoms with Crippen LogP contribution in [0, 0.1) is 6.92 Å². The quantitative estimate of drug-likeness (QED) is 0.905. The fourth-order valence-electron chi connectivity index (χ4n) is 2.89. The summed E-state index contributed by atoms with van der Waals surface area (Å²) in [5, 5.41) is 3.15. The molecule has 116 valence electrons. The summed E-state index contributed by atoms with van der Waals surface area (Å²) in [4.78, 5) is 19.2. The number of hydrogen-bond donors (Lipinski definition) is 1. The van der Waals surface area contributed by atoms with Gasteiger partial charge in [0.1, 0.15) is 0 Å². The van der Waals surface area contributed by atoms with E-state index in [1.165, 1.54) is 18.4 Å². The summed E-state index contributed by atoms with van der Waals surface area (Å²) >= 11 is 0. The predicted octanol–water partition coefficient (Wildman–Crippen LogP) is 2.31. The molecule has 1 aromatic heterocycles. The van der Waals surface area contributed by atoms with E-state index in [2.05, 4.69) is 28.2 Å². The summed E-state index contributed by atoms with van der Waals surface area (Å²) in [7, 11) is 0. The van der Waals surface area contributed by atoms with Crippen LogP contribution < -0.4 is 5.32 Å². The molecule has 1 unspecified atom stereocenters. The van der Waals surface area contributed by atoms with Gasteiger partial charge in [-0.1, -0.05) is 6.07 Å². The van der Waals surface area contributed by atoms with E-state index in [1.54, 1.807) is 0 Å². The molecule has 4 nitrogen and oxygen atoms in total. The van der Waals surface area contributed by atoms with Crippen LogP contribution in [0.4, 0.5) is 0 Å². The van der Waals surface area contributed by atoms with E-state index in [4.69, 9.17) is 0 Å². The van der Waals surface area contributed by atoms with Crippen LogP contribution in [0.1, 0.15) is 44.9 Å². The number of likely N-dealkylation sites (tertiary alicyclic amines) is 1. The van der Waals surface area contributed by atoms with Crippen LogP contribution in [0.5, 0.6) is 0 Å². The van der Waals surface area contributed by atoms with Crippen molar-refractivity contribution >= 4 is 5.91 Å². The van der Waals surface area contributed by atoms with E-state index in [-0.39, 0.29) is 11.9 Å². The van der Waals surface area contributed by atoms with E-state index >= 15 is 0 Å². The highest BCUT2D eigenvalue weighted by Crippen LogP contribution is 2.21. The molecule has 1 fully saturated rings. The van der Waals surface area contributed by atoms with Gasteiger partial charge in [0.05, 0.1) is 5.54 Å². The largest absolute Gasteiger partial charge is 0.352 e. The van der Waals surface area contributed by atoms with Gasteiger partial charge < -0.3 is 5.32 Å². The number of carbonyl (C=O) groups excluding carboxylic acids is 1. The van der Waals surface area contributed by atoms with Gasteiger partial charge >= 0.3 is 0 Å². The maximum atomic E-state index is 12.6. The molecule has 0 radical (unpaired) electrons. The summed E-state index contributed by atoms with van der Waals surface area (Å²) in [6.45, 7) is 10.2. The van der Waals surface area contributed by atoms with Crippen molar-refractivity contribution in [3.05, 3.63) is 29.6 Å². The highest BCUT2D eigenvalue weighted by molar-refractivity contribution is 5.85. The van der Waals surface area contributed by atoms with Crippen molar-refractivity contribution in [1.82, 2.24) is 15.2 Å². The minimum absolute atomic E-state index is 0.0907. The molecule has 1 N–H and O–H groups in total. The van der Waals surface area contributed by atoms with E-state index in [0.29, 0.717) is 0 Å². The molecule has 1 aromatic rings. The molecule has 0 spiro atoms. The Morgan fingerprint density at radius 3 is 2.71 bits per heavy atom. The summed E-state index contributed by atoms with van der Waals surface area (Å²) in [6, 6.07) is 4.09. The number of carbonyl (C=O) groups is 1. The third kappa shape index (κ3) is 3.82. The van der Waals surface area contributed by atoms with E-state index in [9.17, 15) is 4.79 Å². The van der Waals surface area contributed by atoms with Crippen molar-refractivity contribution in [3.63, 3.8) is 0 Å². The lowest BCUT2D eigenvalue weighted by molar-refractivity contribution is -0.131. The number of hydrogen-bond acceptors (Lipinski definition) is 3. The Balaban J connectivity index is 1.94. The zero-order valence-corrected chi connectivity index (χ0v) is 13.6. The fourth-order valence-corrected chi connectivity index (χ4v) is 2.89. The van der Waals surface area contributed by atoms with Gasteiger partial charge in [-0.3, -0.25) is 14.7 Å². The van der Waals surface area contributed by atoms with Crippen molar-refractivity contribution in [2.24, 2.45) is 0 Å². The molecule has 0 bridgehead atoms. The molecule has 1 saturated heterocycles. The molecule has 0 aliphatic carbocycles. The second-order valence-corrected chi connectivity index (χ2v) is 6.60. The average Bonchev–Trinajstić information content (AvgIpc) is 2.96. The van der Waals surface area contributed by atoms with Gasteiger partial charge in [0.2, 0.25) is 5.91 Å². The first-order valence-corrected chi connectivity index (χ1v) is 7.88. The van der Waals surface area contributed by atoms with Gasteiger partial charge in [-0.05, 0) is 65.3 Å². The van der Waals surface area contributed by atoms with Crippen molar-refractivity contribution in [3.8, 4) is 0 Å². The Morgan fingerprint density at radius 2 is 2.10 bits per heavy atom. The third-order valence-electron chi connectivity index (χ3n) is 4.45. The molecule has 0 aromatic carbocycles. The molecule has 1 atom stereocenters. The molecular weight excluding hydrogens is 262 g/mol. The average molecular weight is 289 g/mol. The Morgan fingerprint density at radius 1 is 1.43 bits per heavy atom. The molecule has 4 heteroatoms. The van der Waals surface area contributed by atoms with Crippen molar-refractivity contribution in [1.29, 1.82) is 0 Å². The second kappa shape index (κ2) is 6.56. The predicted molar refractivity (Wildman–Crippen MR) is 85.2 cm³/mol. The van der Waals surface area contributed by atoms with Crippen LogP contribution in [0.2, 0.25) is 0 Å². The van der Waals surface area contributed by atoms with Crippen LogP contribution in [0.25, 0.3) is 0 Å². The molecule has 1 aliphatic rings. The van der Waals surface area contributed by atoms with Gasteiger partial charge in [-0.2, -0.15) is 0 Å². The zero-order chi connectivity index (χ0) is 15.5. The van der Waals surface area contributed by atoms with Crippen LogP contribution >= 0.6 is 0 Å². The SMILES string of the molecule is Cc1cccnc1CC(C)NC(=O)C(C)(C)N1CCCC1. The lowest BCUT2D eigenvalue weighted by Gasteiger charge is -2.34. The molecule has 1 aliphatic heterocycles. The highest BCUT2D eigenvalue weighted by atomic mass is 16.2. The lowest BCUT2D eigenvalue weighted by atomic mass is 10.0. The van der Waals surface area contributed by atoms with Gasteiger partial charge in [0.25, 0.3) is 0 Å². The van der Waals surface area contributed by atoms with Crippen LogP contribution in [0.15, 0.2) is 18.3 Å². The summed E-state index contributed by atoms with van der Waals surface area (Å²) in [6.07, 6.45) is 4.97. The minimum atomic E-state index is -0.427. The van der Waals surface area contributed by atoms with Crippen molar-refractivity contribution < 1.29 is 4.79 Å². The number of aryl methyl sites for hydroxylation is 1. The second-order valence-electron chi connectivity index (χ2n) is 6.60. The maximum absolute atomic E-state index is 12.6. The maximum Gasteiger partial charge on any atom is 0.240 e. The fraction of sp³-hybridized carbons (Fsp3) is 0.647. The Hall–Kier alpha value is -1.42. The molecule has 1 amide bonds. The first kappa shape index (κ1) is 16.0. The molecule has 2 rings (SSSR count). The number of aromatic nitrogens is 1. The minimum Gasteiger partial charge on any atom is -0.352 e. The molecule has 2 heterocycles. The van der Waals surface area contributed by atoms with Gasteiger partial charge in [-0.25, -0.2) is 0 Å². The summed E-state index contributed by atoms with van der Waals surface area (Å²) < 4.78 is 0. The smallest absolute Gasteiger partial charge is 0.240 e. The van der Waals surface area contributed by atoms with E-state index in [1.807, 2.05) is 33.0 Å². The number of nitrogens with one attached hydrogen (secondary N) is 1. The lowest BCUT2D eigenvalue weighted by Crippen LogP contribution is -2.55. The molecule has 21 heavy (non-hydrogen) atoms. The topological polar surface area (TPSA) is 45.2 Å². The standard InChI is InChI=1S/C17H27N3O/c1-13-8-7-9-18-15(13)12-14(2)19-16(21)17(3,4)20-10-5-6-11-20/h7-9,14H,5-6,10-12H2,1-4H3,(H,19,21). The number of amides is 1. The van der Waals surface area contributed by atoms with Crippen molar-refractivity contribution in [2.45, 2.75) is 58.5 Å². The summed E-state index contributed by atoms with van der Waals surface area (Å²) in [5.74, 6) is 0.116. The Bertz CT molecular complexity index is 493. The normalized spacial score (nSPS) is 17.7. The summed E-state index contributed by atoms with van der Waals surface area (Å²) in [5.41, 5.74) is 1.81. The molecule has 0 saturated carbocycles. The number of nitrogens with zero attached hydrogens (tertiary/aromatic N) is 2. The Labute approximate surface area is 127 Å². The number of pyridine rings is 1. The van der Waals surface area contributed by atoms with Crippen LogP contribution in [-0.4, -0.2) is 40.5 Å². The highest BCUT2D eigenvalue weighted by Gasteiger charge is 2.36. The van der Waals surface area contributed by atoms with Gasteiger partial charge in [0.15, 0.2) is 0 Å². The monoisotopic (exact) mass is 289 g/mol. The molecular formula is C17H27N3O. The van der Waals surface area contributed by atoms with Crippen LogP contribution in [-0.2, 0) is 11.2 Å². The van der Waals surface area contributed by atoms with E-state index in [0.717, 1.165) is 25.2 Å². The first-order valence-electron chi connectivity index (χ1n) is 7.88. The number of rotatable bonds is 5. The van der Waals surface area contributed by atoms with E-state index < -0.39 is 5.54 Å².